The van der Waals surface area contributed by atoms with E-state index < -0.39 is 5.78 Å². The molecule has 0 N–H and O–H groups in total. The number of Topliss-reactive ketones (excluding diaryl/α,β-unsaturated/α-hetero) is 1. The first-order valence-electron chi connectivity index (χ1n) is 2.30. The molecule has 0 aliphatic carbocycles. The molecule has 0 rings (SSSR count). The predicted octanol–water partition coefficient (Wildman–Crippen LogP) is 1.25. The van der Waals surface area contributed by atoms with Crippen LogP contribution in [-0.4, -0.2) is 10.6 Å². The summed E-state index contributed by atoms with van der Waals surface area (Å²) in [5, 5.41) is 8.01. The van der Waals surface area contributed by atoms with E-state index in [-0.39, 0.29) is 4.83 Å². The second-order valence-electron chi connectivity index (χ2n) is 1.35. The minimum atomic E-state index is -0.396. The number of hydrogen-bond donors (Lipinski definition) is 0. The molecule has 0 radical (unpaired) electrons. The zero-order chi connectivity index (χ0) is 6.57. The lowest BCUT2D eigenvalue weighted by molar-refractivity contribution is -0.113. The van der Waals surface area contributed by atoms with E-state index >= 15 is 0 Å². The van der Waals surface area contributed by atoms with Crippen molar-refractivity contribution in [3.05, 3.63) is 0 Å². The number of nitriles is 1. The molecule has 0 aromatic heterocycles. The largest absolute Gasteiger partial charge is 0.281 e. The molecule has 0 amide bonds. The van der Waals surface area contributed by atoms with Gasteiger partial charge in [-0.2, -0.15) is 5.26 Å². The van der Waals surface area contributed by atoms with E-state index in [2.05, 4.69) is 15.9 Å². The fourth-order valence-corrected chi connectivity index (χ4v) is 0.358. The Morgan fingerprint density at radius 3 is 2.62 bits per heavy atom. The van der Waals surface area contributed by atoms with Crippen molar-refractivity contribution in [2.24, 2.45) is 0 Å². The van der Waals surface area contributed by atoms with Crippen LogP contribution in [0.1, 0.15) is 13.3 Å². The Hall–Kier alpha value is -0.360. The first-order chi connectivity index (χ1) is 3.72. The first-order valence-corrected chi connectivity index (χ1v) is 3.22. The molecule has 0 saturated carbocycles. The van der Waals surface area contributed by atoms with Crippen molar-refractivity contribution in [2.45, 2.75) is 18.2 Å². The third kappa shape index (κ3) is 2.08. The quantitative estimate of drug-likeness (QED) is 0.469. The van der Waals surface area contributed by atoms with Gasteiger partial charge in [0.1, 0.15) is 6.07 Å². The summed E-state index contributed by atoms with van der Waals surface area (Å²) >= 11 is 3.03. The second-order valence-corrected chi connectivity index (χ2v) is 2.46. The Labute approximate surface area is 56.6 Å². The molecule has 1 unspecified atom stereocenters. The highest BCUT2D eigenvalue weighted by atomic mass is 79.9. The van der Waals surface area contributed by atoms with Crippen molar-refractivity contribution in [1.82, 2.24) is 0 Å². The van der Waals surface area contributed by atoms with Crippen LogP contribution in [-0.2, 0) is 4.79 Å². The molecule has 0 spiro atoms. The number of carbonyl (C=O) groups excluding carboxylic acids is 1. The molecule has 0 aromatic carbocycles. The lowest BCUT2D eigenvalue weighted by atomic mass is 10.2. The van der Waals surface area contributed by atoms with Gasteiger partial charge in [-0.05, 0) is 6.42 Å². The van der Waals surface area contributed by atoms with E-state index in [4.69, 9.17) is 5.26 Å². The normalized spacial score (nSPS) is 12.1. The summed E-state index contributed by atoms with van der Waals surface area (Å²) < 4.78 is 0. The van der Waals surface area contributed by atoms with Gasteiger partial charge in [-0.3, -0.25) is 4.79 Å². The highest BCUT2D eigenvalue weighted by molar-refractivity contribution is 9.10. The maximum Gasteiger partial charge on any atom is 0.245 e. The standard InChI is InChI=1S/C5H6BrNO/c1-2-4(6)5(8)3-7/h4H,2H2,1H3. The number of halogens is 1. The van der Waals surface area contributed by atoms with Crippen LogP contribution in [0.2, 0.25) is 0 Å². The second kappa shape index (κ2) is 3.62. The lowest BCUT2D eigenvalue weighted by Gasteiger charge is -1.93. The number of ketones is 1. The van der Waals surface area contributed by atoms with E-state index in [1.165, 1.54) is 6.07 Å². The number of rotatable bonds is 2. The van der Waals surface area contributed by atoms with E-state index in [1.54, 1.807) is 0 Å². The lowest BCUT2D eigenvalue weighted by Crippen LogP contribution is -2.08. The third-order valence-electron chi connectivity index (χ3n) is 0.753. The zero-order valence-corrected chi connectivity index (χ0v) is 6.10. The van der Waals surface area contributed by atoms with E-state index in [9.17, 15) is 4.79 Å². The van der Waals surface area contributed by atoms with Crippen LogP contribution in [0.15, 0.2) is 0 Å². The van der Waals surface area contributed by atoms with Gasteiger partial charge in [-0.15, -0.1) is 0 Å². The SMILES string of the molecule is CCC(Br)C(=O)C#N. The molecule has 0 fully saturated rings. The maximum atomic E-state index is 10.3. The van der Waals surface area contributed by atoms with Gasteiger partial charge in [-0.1, -0.05) is 22.9 Å². The summed E-state index contributed by atoms with van der Waals surface area (Å²) in [5.41, 5.74) is 0. The third-order valence-corrected chi connectivity index (χ3v) is 1.82. The van der Waals surface area contributed by atoms with Crippen molar-refractivity contribution in [1.29, 1.82) is 5.26 Å². The van der Waals surface area contributed by atoms with Crippen LogP contribution in [0, 0.1) is 11.3 Å². The van der Waals surface area contributed by atoms with E-state index in [0.717, 1.165) is 0 Å². The molecule has 8 heavy (non-hydrogen) atoms. The maximum absolute atomic E-state index is 10.3. The Morgan fingerprint density at radius 1 is 2.00 bits per heavy atom. The smallest absolute Gasteiger partial charge is 0.245 e. The number of carbonyl (C=O) groups is 1. The summed E-state index contributed by atoms with van der Waals surface area (Å²) in [6.07, 6.45) is 0.673. The van der Waals surface area contributed by atoms with E-state index in [0.29, 0.717) is 6.42 Å². The van der Waals surface area contributed by atoms with Crippen molar-refractivity contribution >= 4 is 21.7 Å². The molecule has 3 heteroatoms. The van der Waals surface area contributed by atoms with Crippen LogP contribution in [0.25, 0.3) is 0 Å². The Bertz CT molecular complexity index is 127. The fraction of sp³-hybridized carbons (Fsp3) is 0.600. The molecule has 1 atom stereocenters. The van der Waals surface area contributed by atoms with Crippen LogP contribution in [0.5, 0.6) is 0 Å². The monoisotopic (exact) mass is 175 g/mol. The minimum Gasteiger partial charge on any atom is -0.281 e. The highest BCUT2D eigenvalue weighted by Crippen LogP contribution is 2.03. The van der Waals surface area contributed by atoms with Crippen molar-refractivity contribution in [2.75, 3.05) is 0 Å². The van der Waals surface area contributed by atoms with E-state index in [1.807, 2.05) is 6.92 Å². The topological polar surface area (TPSA) is 40.9 Å². The van der Waals surface area contributed by atoms with Crippen LogP contribution in [0.4, 0.5) is 0 Å². The molecule has 2 nitrogen and oxygen atoms in total. The Kier molecular flexibility index (Phi) is 3.46. The summed E-state index contributed by atoms with van der Waals surface area (Å²) in [6.45, 7) is 1.84. The van der Waals surface area contributed by atoms with Gasteiger partial charge in [0.15, 0.2) is 0 Å². The zero-order valence-electron chi connectivity index (χ0n) is 4.52. The van der Waals surface area contributed by atoms with Crippen LogP contribution in [0.3, 0.4) is 0 Å². The van der Waals surface area contributed by atoms with Gasteiger partial charge in [0, 0.05) is 0 Å². The summed E-state index contributed by atoms with van der Waals surface area (Å²) in [5.74, 6) is -0.396. The summed E-state index contributed by atoms with van der Waals surface area (Å²) in [6, 6.07) is 1.53. The average Bonchev–Trinajstić information content (AvgIpc) is 1.84. The predicted molar refractivity (Wildman–Crippen MR) is 33.6 cm³/mol. The molecule has 0 bridgehead atoms. The van der Waals surface area contributed by atoms with Gasteiger partial charge in [-0.25, -0.2) is 0 Å². The van der Waals surface area contributed by atoms with Crippen molar-refractivity contribution < 1.29 is 4.79 Å². The van der Waals surface area contributed by atoms with Gasteiger partial charge in [0.2, 0.25) is 5.78 Å². The summed E-state index contributed by atoms with van der Waals surface area (Å²) in [4.78, 5) is 10.1. The van der Waals surface area contributed by atoms with Gasteiger partial charge in [0.25, 0.3) is 0 Å². The van der Waals surface area contributed by atoms with Crippen LogP contribution < -0.4 is 0 Å². The molecule has 0 saturated heterocycles. The van der Waals surface area contributed by atoms with Gasteiger partial charge in [0.05, 0.1) is 4.83 Å². The molecule has 0 aliphatic rings. The minimum absolute atomic E-state index is 0.271. The summed E-state index contributed by atoms with van der Waals surface area (Å²) in [7, 11) is 0. The highest BCUT2D eigenvalue weighted by Gasteiger charge is 2.09. The average molecular weight is 176 g/mol. The van der Waals surface area contributed by atoms with Crippen molar-refractivity contribution in [3.63, 3.8) is 0 Å². The Balaban J connectivity index is 3.68. The van der Waals surface area contributed by atoms with Gasteiger partial charge < -0.3 is 0 Å². The molecular formula is C5H6BrNO. The molecule has 44 valence electrons. The van der Waals surface area contributed by atoms with Gasteiger partial charge >= 0.3 is 0 Å². The fourth-order valence-electron chi connectivity index (χ4n) is 0.255. The molecule has 0 aliphatic heterocycles. The van der Waals surface area contributed by atoms with Crippen molar-refractivity contribution in [3.8, 4) is 6.07 Å². The molecular weight excluding hydrogens is 170 g/mol. The Morgan fingerprint density at radius 2 is 2.50 bits per heavy atom. The first kappa shape index (κ1) is 7.64. The number of nitrogens with zero attached hydrogens (tertiary/aromatic N) is 1. The molecule has 0 aromatic rings. The van der Waals surface area contributed by atoms with Crippen LogP contribution >= 0.6 is 15.9 Å². The number of alkyl halides is 1. The number of hydrogen-bond acceptors (Lipinski definition) is 2. The molecule has 0 heterocycles.